The zero-order valence-electron chi connectivity index (χ0n) is 7.95. The highest BCUT2D eigenvalue weighted by molar-refractivity contribution is 5.89. The van der Waals surface area contributed by atoms with E-state index in [0.29, 0.717) is 11.8 Å². The molecule has 2 N–H and O–H groups in total. The maximum absolute atomic E-state index is 11.7. The first-order valence-corrected chi connectivity index (χ1v) is 5.33. The van der Waals surface area contributed by atoms with E-state index in [1.165, 1.54) is 6.42 Å². The maximum atomic E-state index is 11.7. The second kappa shape index (κ2) is 2.72. The summed E-state index contributed by atoms with van der Waals surface area (Å²) in [5, 5.41) is 5.68. The second-order valence-electron chi connectivity index (χ2n) is 4.67. The van der Waals surface area contributed by atoms with Crippen LogP contribution in [0, 0.1) is 17.8 Å². The number of carbonyl (C=O) groups is 2. The molecule has 0 unspecified atom stereocenters. The summed E-state index contributed by atoms with van der Waals surface area (Å²) in [7, 11) is 0. The first kappa shape index (κ1) is 8.26. The van der Waals surface area contributed by atoms with Crippen LogP contribution in [0.4, 0.5) is 0 Å². The van der Waals surface area contributed by atoms with Gasteiger partial charge in [-0.05, 0) is 31.1 Å². The largest absolute Gasteiger partial charge is 0.351 e. The fourth-order valence-electron chi connectivity index (χ4n) is 3.40. The van der Waals surface area contributed by atoms with Gasteiger partial charge in [0.1, 0.15) is 0 Å². The van der Waals surface area contributed by atoms with Crippen molar-refractivity contribution in [3.63, 3.8) is 0 Å². The van der Waals surface area contributed by atoms with Gasteiger partial charge in [0.15, 0.2) is 0 Å². The highest BCUT2D eigenvalue weighted by Crippen LogP contribution is 2.48. The van der Waals surface area contributed by atoms with E-state index < -0.39 is 0 Å². The lowest BCUT2D eigenvalue weighted by molar-refractivity contribution is -0.127. The molecule has 1 aliphatic heterocycles. The average Bonchev–Trinajstić information content (AvgIpc) is 2.70. The first-order chi connectivity index (χ1) is 6.75. The topological polar surface area (TPSA) is 58.2 Å². The zero-order chi connectivity index (χ0) is 9.71. The van der Waals surface area contributed by atoms with E-state index in [1.807, 2.05) is 0 Å². The Balaban J connectivity index is 1.92. The highest BCUT2D eigenvalue weighted by atomic mass is 16.2. The van der Waals surface area contributed by atoms with Gasteiger partial charge in [-0.2, -0.15) is 0 Å². The van der Waals surface area contributed by atoms with Gasteiger partial charge >= 0.3 is 0 Å². The minimum absolute atomic E-state index is 0.0293. The second-order valence-corrected chi connectivity index (χ2v) is 4.67. The van der Waals surface area contributed by atoms with Crippen LogP contribution in [-0.2, 0) is 9.59 Å². The number of nitrogens with one attached hydrogen (secondary N) is 2. The van der Waals surface area contributed by atoms with Gasteiger partial charge in [0, 0.05) is 6.04 Å². The molecule has 14 heavy (non-hydrogen) atoms. The van der Waals surface area contributed by atoms with Crippen LogP contribution in [-0.4, -0.2) is 24.4 Å². The number of carbonyl (C=O) groups excluding carboxylic acids is 2. The maximum Gasteiger partial charge on any atom is 0.239 e. The van der Waals surface area contributed by atoms with E-state index in [9.17, 15) is 9.59 Å². The predicted molar refractivity (Wildman–Crippen MR) is 49.3 cm³/mol. The molecule has 2 saturated carbocycles. The van der Waals surface area contributed by atoms with Crippen LogP contribution >= 0.6 is 0 Å². The van der Waals surface area contributed by atoms with E-state index in [-0.39, 0.29) is 30.3 Å². The monoisotopic (exact) mass is 194 g/mol. The quantitative estimate of drug-likeness (QED) is 0.553. The van der Waals surface area contributed by atoms with Gasteiger partial charge in [-0.15, -0.1) is 0 Å². The van der Waals surface area contributed by atoms with Crippen LogP contribution in [0.3, 0.4) is 0 Å². The first-order valence-electron chi connectivity index (χ1n) is 5.33. The number of fused-ring (bicyclic) bond motifs is 5. The number of hydrogen-bond donors (Lipinski definition) is 2. The Hall–Kier alpha value is -1.06. The molecule has 2 aliphatic carbocycles. The molecule has 2 bridgehead atoms. The Kier molecular flexibility index (Phi) is 1.60. The molecule has 0 aromatic carbocycles. The van der Waals surface area contributed by atoms with Crippen LogP contribution in [0.25, 0.3) is 0 Å². The summed E-state index contributed by atoms with van der Waals surface area (Å²) in [6, 6.07) is 0.128. The molecule has 4 heteroatoms. The summed E-state index contributed by atoms with van der Waals surface area (Å²) in [6.07, 6.45) is 3.47. The van der Waals surface area contributed by atoms with Gasteiger partial charge in [-0.25, -0.2) is 0 Å². The van der Waals surface area contributed by atoms with Crippen molar-refractivity contribution in [1.82, 2.24) is 10.6 Å². The molecule has 0 spiro atoms. The molecule has 4 atom stereocenters. The van der Waals surface area contributed by atoms with Crippen molar-refractivity contribution in [3.05, 3.63) is 0 Å². The molecule has 4 nitrogen and oxygen atoms in total. The van der Waals surface area contributed by atoms with Crippen molar-refractivity contribution in [2.75, 3.05) is 6.54 Å². The van der Waals surface area contributed by atoms with Gasteiger partial charge in [0.25, 0.3) is 0 Å². The molecular weight excluding hydrogens is 180 g/mol. The van der Waals surface area contributed by atoms with Crippen molar-refractivity contribution in [1.29, 1.82) is 0 Å². The lowest BCUT2D eigenvalue weighted by Gasteiger charge is -2.27. The van der Waals surface area contributed by atoms with E-state index in [2.05, 4.69) is 10.6 Å². The van der Waals surface area contributed by atoms with E-state index in [4.69, 9.17) is 0 Å². The lowest BCUT2D eigenvalue weighted by atomic mass is 9.84. The minimum Gasteiger partial charge on any atom is -0.351 e. The molecular formula is C10H14N2O2. The lowest BCUT2D eigenvalue weighted by Crippen LogP contribution is -2.44. The smallest absolute Gasteiger partial charge is 0.239 e. The van der Waals surface area contributed by atoms with Crippen molar-refractivity contribution in [3.8, 4) is 0 Å². The Labute approximate surface area is 82.4 Å². The van der Waals surface area contributed by atoms with Gasteiger partial charge in [-0.1, -0.05) is 0 Å². The average molecular weight is 194 g/mol. The molecule has 3 fully saturated rings. The van der Waals surface area contributed by atoms with Crippen molar-refractivity contribution >= 4 is 11.8 Å². The molecule has 0 aromatic rings. The summed E-state index contributed by atoms with van der Waals surface area (Å²) in [5.74, 6) is 1.18. The van der Waals surface area contributed by atoms with Crippen LogP contribution < -0.4 is 10.6 Å². The number of amides is 2. The third-order valence-electron chi connectivity index (χ3n) is 3.97. The summed E-state index contributed by atoms with van der Waals surface area (Å²) in [6.45, 7) is 0.158. The minimum atomic E-state index is -0.0293. The summed E-state index contributed by atoms with van der Waals surface area (Å²) < 4.78 is 0. The van der Waals surface area contributed by atoms with Crippen LogP contribution in [0.2, 0.25) is 0 Å². The molecule has 3 aliphatic rings. The SMILES string of the molecule is O=C1CNC(=O)[C@@H]2[C@H]3CC[C@H](C3)[C@@H]2N1. The Morgan fingerprint density at radius 3 is 2.79 bits per heavy atom. The Bertz CT molecular complexity index is 302. The fourth-order valence-corrected chi connectivity index (χ4v) is 3.40. The van der Waals surface area contributed by atoms with Crippen LogP contribution in [0.15, 0.2) is 0 Å². The number of rotatable bonds is 0. The molecule has 2 amide bonds. The zero-order valence-corrected chi connectivity index (χ0v) is 7.95. The van der Waals surface area contributed by atoms with Gasteiger partial charge < -0.3 is 10.6 Å². The number of hydrogen-bond acceptors (Lipinski definition) is 2. The van der Waals surface area contributed by atoms with Crippen molar-refractivity contribution in [2.45, 2.75) is 25.3 Å². The van der Waals surface area contributed by atoms with E-state index in [1.54, 1.807) is 0 Å². The third kappa shape index (κ3) is 0.996. The summed E-state index contributed by atoms with van der Waals surface area (Å²) in [4.78, 5) is 23.0. The molecule has 1 heterocycles. The van der Waals surface area contributed by atoms with Gasteiger partial charge in [-0.3, -0.25) is 9.59 Å². The van der Waals surface area contributed by atoms with E-state index in [0.717, 1.165) is 12.8 Å². The highest BCUT2D eigenvalue weighted by Gasteiger charge is 2.52. The molecule has 3 rings (SSSR count). The Morgan fingerprint density at radius 1 is 1.14 bits per heavy atom. The van der Waals surface area contributed by atoms with Gasteiger partial charge in [0.2, 0.25) is 11.8 Å². The van der Waals surface area contributed by atoms with Crippen molar-refractivity contribution < 1.29 is 9.59 Å². The third-order valence-corrected chi connectivity index (χ3v) is 3.97. The fraction of sp³-hybridized carbons (Fsp3) is 0.800. The van der Waals surface area contributed by atoms with E-state index >= 15 is 0 Å². The van der Waals surface area contributed by atoms with Gasteiger partial charge in [0.05, 0.1) is 12.5 Å². The molecule has 76 valence electrons. The molecule has 0 radical (unpaired) electrons. The van der Waals surface area contributed by atoms with Crippen molar-refractivity contribution in [2.24, 2.45) is 17.8 Å². The summed E-state index contributed by atoms with van der Waals surface area (Å²) >= 11 is 0. The van der Waals surface area contributed by atoms with Crippen LogP contribution in [0.1, 0.15) is 19.3 Å². The normalized spacial score (nSPS) is 45.4. The van der Waals surface area contributed by atoms with Crippen LogP contribution in [0.5, 0.6) is 0 Å². The molecule has 1 saturated heterocycles. The predicted octanol–water partition coefficient (Wildman–Crippen LogP) is -0.353. The standard InChI is InChI=1S/C10H14N2O2/c13-7-4-11-10(14)8-5-1-2-6(3-5)9(8)12-7/h5-6,8-9H,1-4H2,(H,11,14)(H,12,13)/t5-,6+,8+,9-/m0/s1. The molecule has 0 aromatic heterocycles. The summed E-state index contributed by atoms with van der Waals surface area (Å²) in [5.41, 5.74) is 0. The Morgan fingerprint density at radius 2 is 1.93 bits per heavy atom.